The topological polar surface area (TPSA) is 75.3 Å². The molecule has 3 rings (SSSR count). The molecule has 5 nitrogen and oxygen atoms in total. The minimum Gasteiger partial charge on any atom is -0.352 e. The first kappa shape index (κ1) is 15.9. The Morgan fingerprint density at radius 2 is 1.83 bits per heavy atom. The van der Waals surface area contributed by atoms with E-state index in [1.807, 2.05) is 30.3 Å². The number of ketones is 1. The Morgan fingerprint density at radius 3 is 2.62 bits per heavy atom. The van der Waals surface area contributed by atoms with Crippen molar-refractivity contribution in [1.29, 1.82) is 0 Å². The summed E-state index contributed by atoms with van der Waals surface area (Å²) in [7, 11) is 0. The van der Waals surface area contributed by atoms with Crippen LogP contribution in [0.2, 0.25) is 0 Å². The highest BCUT2D eigenvalue weighted by Gasteiger charge is 2.19. The molecule has 0 unspecified atom stereocenters. The van der Waals surface area contributed by atoms with Gasteiger partial charge in [0.05, 0.1) is 6.42 Å². The van der Waals surface area contributed by atoms with E-state index in [4.69, 9.17) is 0 Å². The van der Waals surface area contributed by atoms with E-state index < -0.39 is 0 Å². The monoisotopic (exact) mass is 322 g/mol. The average molecular weight is 322 g/mol. The Hall–Kier alpha value is -2.95. The molecule has 24 heavy (non-hydrogen) atoms. The van der Waals surface area contributed by atoms with Gasteiger partial charge in [-0.3, -0.25) is 14.4 Å². The van der Waals surface area contributed by atoms with Gasteiger partial charge in [0, 0.05) is 30.6 Å². The molecular formula is C19H18N2O3. The molecule has 0 saturated heterocycles. The van der Waals surface area contributed by atoms with E-state index in [2.05, 4.69) is 10.6 Å². The van der Waals surface area contributed by atoms with Crippen LogP contribution in [0.1, 0.15) is 34.3 Å². The Kier molecular flexibility index (Phi) is 4.70. The van der Waals surface area contributed by atoms with Crippen LogP contribution in [0.3, 0.4) is 0 Å². The first-order chi connectivity index (χ1) is 11.6. The lowest BCUT2D eigenvalue weighted by atomic mass is 10.0. The molecule has 2 amide bonds. The van der Waals surface area contributed by atoms with E-state index in [9.17, 15) is 14.4 Å². The SMILES string of the molecule is O=C(CCC(=O)c1ccc2c(c1)CC(=O)N2)NCc1ccccc1. The first-order valence-electron chi connectivity index (χ1n) is 7.88. The van der Waals surface area contributed by atoms with Crippen LogP contribution >= 0.6 is 0 Å². The maximum atomic E-state index is 12.2. The van der Waals surface area contributed by atoms with E-state index in [-0.39, 0.29) is 30.4 Å². The number of rotatable bonds is 6. The molecule has 1 aliphatic rings. The Bertz CT molecular complexity index is 784. The number of fused-ring (bicyclic) bond motifs is 1. The summed E-state index contributed by atoms with van der Waals surface area (Å²) in [6.45, 7) is 0.459. The zero-order valence-electron chi connectivity index (χ0n) is 13.2. The highest BCUT2D eigenvalue weighted by Crippen LogP contribution is 2.24. The third-order valence-electron chi connectivity index (χ3n) is 3.96. The number of benzene rings is 2. The number of hydrogen-bond acceptors (Lipinski definition) is 3. The van der Waals surface area contributed by atoms with Gasteiger partial charge in [-0.05, 0) is 29.3 Å². The van der Waals surface area contributed by atoms with Crippen molar-refractivity contribution in [3.05, 3.63) is 65.2 Å². The highest BCUT2D eigenvalue weighted by molar-refractivity contribution is 6.02. The number of nitrogens with one attached hydrogen (secondary N) is 2. The van der Waals surface area contributed by atoms with E-state index in [1.54, 1.807) is 18.2 Å². The maximum absolute atomic E-state index is 12.2. The van der Waals surface area contributed by atoms with Crippen LogP contribution in [-0.2, 0) is 22.6 Å². The minimum absolute atomic E-state index is 0.0603. The molecule has 0 spiro atoms. The number of amides is 2. The van der Waals surface area contributed by atoms with Crippen molar-refractivity contribution in [1.82, 2.24) is 5.32 Å². The number of hydrogen-bond donors (Lipinski definition) is 2. The summed E-state index contributed by atoms with van der Waals surface area (Å²) in [6.07, 6.45) is 0.606. The largest absolute Gasteiger partial charge is 0.352 e. The summed E-state index contributed by atoms with van der Waals surface area (Å²) in [5.41, 5.74) is 3.16. The van der Waals surface area contributed by atoms with E-state index in [1.165, 1.54) is 0 Å². The highest BCUT2D eigenvalue weighted by atomic mass is 16.2. The summed E-state index contributed by atoms with van der Waals surface area (Å²) in [6, 6.07) is 14.8. The molecule has 122 valence electrons. The standard InChI is InChI=1S/C19H18N2O3/c22-17(14-6-7-16-15(10-14)11-19(24)21-16)8-9-18(23)20-12-13-4-2-1-3-5-13/h1-7,10H,8-9,11-12H2,(H,20,23)(H,21,24). The normalized spacial score (nSPS) is 12.4. The summed E-state index contributed by atoms with van der Waals surface area (Å²) in [5.74, 6) is -0.299. The van der Waals surface area contributed by atoms with Crippen LogP contribution in [0.4, 0.5) is 5.69 Å². The van der Waals surface area contributed by atoms with E-state index in [0.29, 0.717) is 18.5 Å². The van der Waals surface area contributed by atoms with Crippen LogP contribution in [0.5, 0.6) is 0 Å². The molecule has 0 bridgehead atoms. The van der Waals surface area contributed by atoms with Gasteiger partial charge in [0.25, 0.3) is 0 Å². The van der Waals surface area contributed by atoms with Gasteiger partial charge in [-0.15, -0.1) is 0 Å². The molecule has 5 heteroatoms. The first-order valence-corrected chi connectivity index (χ1v) is 7.88. The lowest BCUT2D eigenvalue weighted by Crippen LogP contribution is -2.23. The molecule has 0 atom stereocenters. The zero-order chi connectivity index (χ0) is 16.9. The Balaban J connectivity index is 1.49. The average Bonchev–Trinajstić information content (AvgIpc) is 2.97. The van der Waals surface area contributed by atoms with Crippen LogP contribution in [-0.4, -0.2) is 17.6 Å². The van der Waals surface area contributed by atoms with Gasteiger partial charge in [0.1, 0.15) is 0 Å². The summed E-state index contributed by atoms with van der Waals surface area (Å²) >= 11 is 0. The van der Waals surface area contributed by atoms with Crippen molar-refractivity contribution in [2.24, 2.45) is 0 Å². The Labute approximate surface area is 140 Å². The molecule has 0 radical (unpaired) electrons. The van der Waals surface area contributed by atoms with Crippen molar-refractivity contribution < 1.29 is 14.4 Å². The second-order valence-corrected chi connectivity index (χ2v) is 5.78. The summed E-state index contributed by atoms with van der Waals surface area (Å²) in [4.78, 5) is 35.4. The fraction of sp³-hybridized carbons (Fsp3) is 0.211. The van der Waals surface area contributed by atoms with Crippen LogP contribution < -0.4 is 10.6 Å². The van der Waals surface area contributed by atoms with Gasteiger partial charge in [-0.1, -0.05) is 30.3 Å². The maximum Gasteiger partial charge on any atom is 0.228 e. The van der Waals surface area contributed by atoms with Gasteiger partial charge in [0.2, 0.25) is 11.8 Å². The number of carbonyl (C=O) groups excluding carboxylic acids is 3. The van der Waals surface area contributed by atoms with Crippen LogP contribution in [0.15, 0.2) is 48.5 Å². The quantitative estimate of drug-likeness (QED) is 0.802. The van der Waals surface area contributed by atoms with Crippen molar-refractivity contribution in [2.75, 3.05) is 5.32 Å². The molecule has 1 aliphatic heterocycles. The predicted octanol–water partition coefficient (Wildman–Crippen LogP) is 2.46. The zero-order valence-corrected chi connectivity index (χ0v) is 13.2. The second-order valence-electron chi connectivity index (χ2n) is 5.78. The lowest BCUT2D eigenvalue weighted by molar-refractivity contribution is -0.121. The fourth-order valence-electron chi connectivity index (χ4n) is 2.66. The van der Waals surface area contributed by atoms with Crippen molar-refractivity contribution in [2.45, 2.75) is 25.8 Å². The molecule has 2 aromatic carbocycles. The third-order valence-corrected chi connectivity index (χ3v) is 3.96. The van der Waals surface area contributed by atoms with E-state index >= 15 is 0 Å². The number of carbonyl (C=O) groups is 3. The van der Waals surface area contributed by atoms with Crippen molar-refractivity contribution >= 4 is 23.3 Å². The second kappa shape index (κ2) is 7.08. The lowest BCUT2D eigenvalue weighted by Gasteiger charge is -2.06. The molecule has 1 heterocycles. The molecule has 0 aromatic heterocycles. The Morgan fingerprint density at radius 1 is 1.04 bits per heavy atom. The number of Topliss-reactive ketones (excluding diaryl/α,β-unsaturated/α-hetero) is 1. The molecule has 0 saturated carbocycles. The van der Waals surface area contributed by atoms with Crippen molar-refractivity contribution in [3.63, 3.8) is 0 Å². The van der Waals surface area contributed by atoms with Crippen LogP contribution in [0.25, 0.3) is 0 Å². The van der Waals surface area contributed by atoms with Crippen LogP contribution in [0, 0.1) is 0 Å². The molecule has 2 N–H and O–H groups in total. The smallest absolute Gasteiger partial charge is 0.228 e. The van der Waals surface area contributed by atoms with Gasteiger partial charge in [-0.2, -0.15) is 0 Å². The predicted molar refractivity (Wildman–Crippen MR) is 90.6 cm³/mol. The summed E-state index contributed by atoms with van der Waals surface area (Å²) in [5, 5.41) is 5.54. The van der Waals surface area contributed by atoms with Gasteiger partial charge < -0.3 is 10.6 Å². The molecule has 0 aliphatic carbocycles. The minimum atomic E-state index is -0.148. The fourth-order valence-corrected chi connectivity index (χ4v) is 2.66. The number of anilines is 1. The molecule has 0 fully saturated rings. The van der Waals surface area contributed by atoms with E-state index in [0.717, 1.165) is 16.8 Å². The van der Waals surface area contributed by atoms with Gasteiger partial charge in [0.15, 0.2) is 5.78 Å². The molecule has 2 aromatic rings. The third kappa shape index (κ3) is 3.87. The van der Waals surface area contributed by atoms with Crippen molar-refractivity contribution in [3.8, 4) is 0 Å². The van der Waals surface area contributed by atoms with Gasteiger partial charge in [-0.25, -0.2) is 0 Å². The molecular weight excluding hydrogens is 304 g/mol. The van der Waals surface area contributed by atoms with Gasteiger partial charge >= 0.3 is 0 Å². The summed E-state index contributed by atoms with van der Waals surface area (Å²) < 4.78 is 0.